The maximum absolute atomic E-state index is 12.6. The summed E-state index contributed by atoms with van der Waals surface area (Å²) in [5.74, 6) is -1.11. The monoisotopic (exact) mass is 415 g/mol. The number of rotatable bonds is 3. The van der Waals surface area contributed by atoms with Crippen molar-refractivity contribution in [2.24, 2.45) is 0 Å². The van der Waals surface area contributed by atoms with Gasteiger partial charge in [0.05, 0.1) is 24.6 Å². The van der Waals surface area contributed by atoms with E-state index in [4.69, 9.17) is 4.74 Å². The summed E-state index contributed by atoms with van der Waals surface area (Å²) in [5.41, 5.74) is 1.62. The summed E-state index contributed by atoms with van der Waals surface area (Å²) in [5, 5.41) is 5.84. The lowest BCUT2D eigenvalue weighted by Crippen LogP contribution is -2.42. The van der Waals surface area contributed by atoms with E-state index < -0.39 is 11.8 Å². The van der Waals surface area contributed by atoms with Gasteiger partial charge in [-0.3, -0.25) is 9.59 Å². The number of ether oxygens (including phenoxy) is 1. The van der Waals surface area contributed by atoms with Gasteiger partial charge in [-0.2, -0.15) is 0 Å². The van der Waals surface area contributed by atoms with Crippen LogP contribution in [0.15, 0.2) is 24.3 Å². The van der Waals surface area contributed by atoms with Crippen LogP contribution < -0.4 is 15.5 Å². The molecule has 1 aliphatic carbocycles. The van der Waals surface area contributed by atoms with Crippen LogP contribution in [0.4, 0.5) is 11.4 Å². The van der Waals surface area contributed by atoms with Crippen LogP contribution in [0.2, 0.25) is 0 Å². The maximum atomic E-state index is 12.6. The van der Waals surface area contributed by atoms with Crippen LogP contribution in [-0.2, 0) is 14.3 Å². The first-order valence-electron chi connectivity index (χ1n) is 11.8. The average Bonchev–Trinajstić information content (AvgIpc) is 2.76. The van der Waals surface area contributed by atoms with Crippen LogP contribution in [-0.4, -0.2) is 44.2 Å². The second-order valence-electron chi connectivity index (χ2n) is 8.50. The topological polar surface area (TPSA) is 70.7 Å². The molecule has 166 valence electrons. The summed E-state index contributed by atoms with van der Waals surface area (Å²) in [6, 6.07) is 7.75. The molecule has 2 N–H and O–H groups in total. The zero-order valence-corrected chi connectivity index (χ0v) is 18.2. The first-order valence-corrected chi connectivity index (χ1v) is 11.8. The Morgan fingerprint density at radius 2 is 1.37 bits per heavy atom. The first kappa shape index (κ1) is 22.6. The zero-order valence-electron chi connectivity index (χ0n) is 18.2. The van der Waals surface area contributed by atoms with Crippen LogP contribution in [0.25, 0.3) is 0 Å². The van der Waals surface area contributed by atoms with Crippen molar-refractivity contribution in [2.75, 3.05) is 36.5 Å². The van der Waals surface area contributed by atoms with Crippen molar-refractivity contribution >= 4 is 23.2 Å². The Morgan fingerprint density at radius 1 is 0.800 bits per heavy atom. The summed E-state index contributed by atoms with van der Waals surface area (Å²) >= 11 is 0. The second-order valence-corrected chi connectivity index (χ2v) is 8.50. The van der Waals surface area contributed by atoms with E-state index in [0.29, 0.717) is 18.9 Å². The molecule has 6 nitrogen and oxygen atoms in total. The number of nitrogens with one attached hydrogen (secondary N) is 2. The number of anilines is 2. The van der Waals surface area contributed by atoms with Gasteiger partial charge in [0.1, 0.15) is 0 Å². The fourth-order valence-corrected chi connectivity index (χ4v) is 4.40. The Morgan fingerprint density at radius 3 is 2.00 bits per heavy atom. The van der Waals surface area contributed by atoms with Crippen LogP contribution in [0.1, 0.15) is 70.6 Å². The molecule has 0 radical (unpaired) electrons. The summed E-state index contributed by atoms with van der Waals surface area (Å²) in [4.78, 5) is 27.4. The standard InChI is InChI=1S/C24H37N3O3/c28-23(25-20-12-8-6-4-2-1-3-5-7-9-13-20)24(29)26-21-14-10-11-15-22(21)27-16-18-30-19-17-27/h10-11,14-15,20H,1-9,12-13,16-19H2,(H,25,28)(H,26,29). The van der Waals surface area contributed by atoms with Crippen molar-refractivity contribution in [1.82, 2.24) is 5.32 Å². The highest BCUT2D eigenvalue weighted by Gasteiger charge is 2.21. The number of amides is 2. The number of benzene rings is 1. The molecule has 2 aliphatic rings. The fraction of sp³-hybridized carbons (Fsp3) is 0.667. The molecule has 0 unspecified atom stereocenters. The van der Waals surface area contributed by atoms with Gasteiger partial charge in [-0.15, -0.1) is 0 Å². The quantitative estimate of drug-likeness (QED) is 0.724. The van der Waals surface area contributed by atoms with E-state index in [1.165, 1.54) is 44.9 Å². The van der Waals surface area contributed by atoms with Crippen molar-refractivity contribution in [2.45, 2.75) is 76.7 Å². The van der Waals surface area contributed by atoms with Crippen molar-refractivity contribution in [3.8, 4) is 0 Å². The number of morpholine rings is 1. The summed E-state index contributed by atoms with van der Waals surface area (Å²) in [7, 11) is 0. The number of para-hydroxylation sites is 2. The van der Waals surface area contributed by atoms with E-state index in [1.54, 1.807) is 0 Å². The molecule has 1 aliphatic heterocycles. The molecular formula is C24H37N3O3. The van der Waals surface area contributed by atoms with Gasteiger partial charge in [0.25, 0.3) is 0 Å². The van der Waals surface area contributed by atoms with Gasteiger partial charge in [-0.1, -0.05) is 69.9 Å². The van der Waals surface area contributed by atoms with E-state index in [2.05, 4.69) is 15.5 Å². The number of hydrogen-bond donors (Lipinski definition) is 2. The van der Waals surface area contributed by atoms with E-state index in [1.807, 2.05) is 24.3 Å². The predicted octanol–water partition coefficient (Wildman–Crippen LogP) is 4.25. The highest BCUT2D eigenvalue weighted by molar-refractivity contribution is 6.40. The SMILES string of the molecule is O=C(Nc1ccccc1N1CCOCC1)C(=O)NC1CCCCCCCCCCC1. The van der Waals surface area contributed by atoms with Crippen LogP contribution in [0.3, 0.4) is 0 Å². The van der Waals surface area contributed by atoms with Gasteiger partial charge in [0, 0.05) is 19.1 Å². The number of nitrogens with zero attached hydrogens (tertiary/aromatic N) is 1. The highest BCUT2D eigenvalue weighted by atomic mass is 16.5. The number of carbonyl (C=O) groups excluding carboxylic acids is 2. The minimum atomic E-state index is -0.582. The van der Waals surface area contributed by atoms with E-state index in [-0.39, 0.29) is 6.04 Å². The smallest absolute Gasteiger partial charge is 0.313 e. The fourth-order valence-electron chi connectivity index (χ4n) is 4.40. The third-order valence-corrected chi connectivity index (χ3v) is 6.15. The van der Waals surface area contributed by atoms with Crippen LogP contribution >= 0.6 is 0 Å². The van der Waals surface area contributed by atoms with Crippen LogP contribution in [0.5, 0.6) is 0 Å². The second kappa shape index (κ2) is 12.6. The molecule has 2 fully saturated rings. The summed E-state index contributed by atoms with van der Waals surface area (Å²) in [6.45, 7) is 2.90. The molecule has 1 heterocycles. The highest BCUT2D eigenvalue weighted by Crippen LogP contribution is 2.26. The lowest BCUT2D eigenvalue weighted by atomic mass is 9.98. The summed E-state index contributed by atoms with van der Waals surface area (Å²) < 4.78 is 5.42. The molecular weight excluding hydrogens is 378 g/mol. The van der Waals surface area contributed by atoms with Gasteiger partial charge in [0.15, 0.2) is 0 Å². The molecule has 1 aromatic rings. The molecule has 0 spiro atoms. The van der Waals surface area contributed by atoms with Gasteiger partial charge >= 0.3 is 11.8 Å². The molecule has 2 amide bonds. The minimum absolute atomic E-state index is 0.0946. The molecule has 0 aromatic heterocycles. The van der Waals surface area contributed by atoms with E-state index >= 15 is 0 Å². The third-order valence-electron chi connectivity index (χ3n) is 6.15. The van der Waals surface area contributed by atoms with Crippen molar-refractivity contribution < 1.29 is 14.3 Å². The van der Waals surface area contributed by atoms with Gasteiger partial charge in [-0.05, 0) is 25.0 Å². The molecule has 30 heavy (non-hydrogen) atoms. The average molecular weight is 416 g/mol. The Kier molecular flexibility index (Phi) is 9.48. The Hall–Kier alpha value is -2.08. The maximum Gasteiger partial charge on any atom is 0.313 e. The molecule has 3 rings (SSSR count). The van der Waals surface area contributed by atoms with E-state index in [0.717, 1.165) is 44.5 Å². The lowest BCUT2D eigenvalue weighted by molar-refractivity contribution is -0.136. The Balaban J connectivity index is 1.55. The largest absolute Gasteiger partial charge is 0.378 e. The van der Waals surface area contributed by atoms with E-state index in [9.17, 15) is 9.59 Å². The van der Waals surface area contributed by atoms with Crippen LogP contribution in [0, 0.1) is 0 Å². The van der Waals surface area contributed by atoms with Crippen molar-refractivity contribution in [3.63, 3.8) is 0 Å². The molecule has 1 saturated heterocycles. The van der Waals surface area contributed by atoms with Gasteiger partial charge in [-0.25, -0.2) is 0 Å². The first-order chi connectivity index (χ1) is 14.7. The normalized spacial score (nSPS) is 19.9. The van der Waals surface area contributed by atoms with Crippen molar-refractivity contribution in [1.29, 1.82) is 0 Å². The minimum Gasteiger partial charge on any atom is -0.378 e. The summed E-state index contributed by atoms with van der Waals surface area (Å²) in [6.07, 6.45) is 13.1. The molecule has 0 atom stereocenters. The molecule has 1 aromatic carbocycles. The predicted molar refractivity (Wildman–Crippen MR) is 121 cm³/mol. The Bertz CT molecular complexity index is 661. The molecule has 0 bridgehead atoms. The molecule has 1 saturated carbocycles. The molecule has 6 heteroatoms. The van der Waals surface area contributed by atoms with Gasteiger partial charge < -0.3 is 20.3 Å². The Labute approximate surface area is 180 Å². The lowest BCUT2D eigenvalue weighted by Gasteiger charge is -2.30. The number of hydrogen-bond acceptors (Lipinski definition) is 4. The zero-order chi connectivity index (χ0) is 21.0. The van der Waals surface area contributed by atoms with Crippen molar-refractivity contribution in [3.05, 3.63) is 24.3 Å². The van der Waals surface area contributed by atoms with Gasteiger partial charge in [0.2, 0.25) is 0 Å². The third kappa shape index (κ3) is 7.31. The number of carbonyl (C=O) groups is 2.